The Bertz CT molecular complexity index is 867. The van der Waals surface area contributed by atoms with Crippen LogP contribution in [0.4, 0.5) is 0 Å². The van der Waals surface area contributed by atoms with Gasteiger partial charge in [0.05, 0.1) is 11.3 Å². The Morgan fingerprint density at radius 1 is 1.00 bits per heavy atom. The first-order valence-corrected chi connectivity index (χ1v) is 9.97. The molecule has 2 aromatic rings. The van der Waals surface area contributed by atoms with Crippen LogP contribution in [0.1, 0.15) is 52.8 Å². The molecule has 1 aromatic carbocycles. The van der Waals surface area contributed by atoms with Gasteiger partial charge in [-0.25, -0.2) is 0 Å². The molecule has 29 heavy (non-hydrogen) atoms. The SMILES string of the molecule is CC(C)(C)c1ccc(C(=O)NCCC(=O)OCC(=O)NC(=O)c2cccs2)cc1. The third-order valence-corrected chi connectivity index (χ3v) is 4.86. The van der Waals surface area contributed by atoms with Crippen molar-refractivity contribution < 1.29 is 23.9 Å². The number of hydrogen-bond donors (Lipinski definition) is 2. The Balaban J connectivity index is 1.68. The number of ether oxygens (including phenoxy) is 1. The molecule has 2 rings (SSSR count). The minimum absolute atomic E-state index is 0.000556. The normalized spacial score (nSPS) is 10.9. The number of nitrogens with one attached hydrogen (secondary N) is 2. The quantitative estimate of drug-likeness (QED) is 0.676. The minimum Gasteiger partial charge on any atom is -0.456 e. The Morgan fingerprint density at radius 2 is 1.69 bits per heavy atom. The molecule has 2 N–H and O–H groups in total. The summed E-state index contributed by atoms with van der Waals surface area (Å²) >= 11 is 1.20. The summed E-state index contributed by atoms with van der Waals surface area (Å²) in [5.74, 6) is -2.19. The van der Waals surface area contributed by atoms with Crippen LogP contribution in [0.2, 0.25) is 0 Å². The average molecular weight is 416 g/mol. The molecule has 0 saturated heterocycles. The molecule has 0 atom stereocenters. The molecule has 1 heterocycles. The molecule has 1 aromatic heterocycles. The standard InChI is InChI=1S/C21H24N2O5S/c1-21(2,3)15-8-6-14(7-9-15)19(26)22-11-10-18(25)28-13-17(24)23-20(27)16-5-4-12-29-16/h4-9,12H,10-11,13H2,1-3H3,(H,22,26)(H,23,24,27). The van der Waals surface area contributed by atoms with Gasteiger partial charge in [-0.2, -0.15) is 0 Å². The van der Waals surface area contributed by atoms with Crippen molar-refractivity contribution in [2.24, 2.45) is 0 Å². The highest BCUT2D eigenvalue weighted by molar-refractivity contribution is 7.12. The summed E-state index contributed by atoms with van der Waals surface area (Å²) in [6.07, 6.45) is -0.0854. The van der Waals surface area contributed by atoms with E-state index in [1.807, 2.05) is 12.1 Å². The molecule has 154 valence electrons. The van der Waals surface area contributed by atoms with Gasteiger partial charge < -0.3 is 10.1 Å². The number of thiophene rings is 1. The van der Waals surface area contributed by atoms with E-state index in [1.54, 1.807) is 29.6 Å². The third kappa shape index (κ3) is 7.15. The smallest absolute Gasteiger partial charge is 0.308 e. The summed E-state index contributed by atoms with van der Waals surface area (Å²) in [4.78, 5) is 47.6. The number of benzene rings is 1. The first-order valence-electron chi connectivity index (χ1n) is 9.09. The molecule has 0 aliphatic rings. The number of esters is 1. The predicted octanol–water partition coefficient (Wildman–Crippen LogP) is 2.67. The highest BCUT2D eigenvalue weighted by Gasteiger charge is 2.15. The second kappa shape index (κ2) is 9.97. The van der Waals surface area contributed by atoms with Gasteiger partial charge in [-0.1, -0.05) is 39.0 Å². The topological polar surface area (TPSA) is 102 Å². The molecule has 3 amide bonds. The minimum atomic E-state index is -0.709. The number of imide groups is 1. The predicted molar refractivity (Wildman–Crippen MR) is 110 cm³/mol. The summed E-state index contributed by atoms with van der Waals surface area (Å²) in [7, 11) is 0. The molecule has 0 aliphatic heterocycles. The molecule has 0 aliphatic carbocycles. The van der Waals surface area contributed by atoms with Gasteiger partial charge in [0.1, 0.15) is 0 Å². The summed E-state index contributed by atoms with van der Waals surface area (Å²) in [6.45, 7) is 5.79. The van der Waals surface area contributed by atoms with E-state index in [1.165, 1.54) is 11.3 Å². The molecular weight excluding hydrogens is 392 g/mol. The maximum Gasteiger partial charge on any atom is 0.308 e. The zero-order valence-corrected chi connectivity index (χ0v) is 17.4. The van der Waals surface area contributed by atoms with Gasteiger partial charge in [0.25, 0.3) is 17.7 Å². The van der Waals surface area contributed by atoms with Gasteiger partial charge in [-0.3, -0.25) is 24.5 Å². The van der Waals surface area contributed by atoms with Crippen molar-refractivity contribution in [2.75, 3.05) is 13.2 Å². The second-order valence-electron chi connectivity index (χ2n) is 7.35. The van der Waals surface area contributed by atoms with Gasteiger partial charge in [0.15, 0.2) is 6.61 Å². The van der Waals surface area contributed by atoms with Crippen molar-refractivity contribution in [1.29, 1.82) is 0 Å². The zero-order valence-electron chi connectivity index (χ0n) is 16.6. The highest BCUT2D eigenvalue weighted by atomic mass is 32.1. The van der Waals surface area contributed by atoms with E-state index >= 15 is 0 Å². The van der Waals surface area contributed by atoms with E-state index < -0.39 is 24.4 Å². The summed E-state index contributed by atoms with van der Waals surface area (Å²) in [5, 5.41) is 6.48. The molecule has 0 fully saturated rings. The first-order chi connectivity index (χ1) is 13.7. The van der Waals surface area contributed by atoms with Crippen LogP contribution in [0.3, 0.4) is 0 Å². The first kappa shape index (κ1) is 22.3. The van der Waals surface area contributed by atoms with Crippen LogP contribution in [0, 0.1) is 0 Å². The third-order valence-electron chi connectivity index (χ3n) is 3.99. The van der Waals surface area contributed by atoms with Crippen molar-refractivity contribution in [2.45, 2.75) is 32.6 Å². The number of amides is 3. The van der Waals surface area contributed by atoms with Crippen LogP contribution in [-0.4, -0.2) is 36.8 Å². The van der Waals surface area contributed by atoms with Crippen LogP contribution < -0.4 is 10.6 Å². The van der Waals surface area contributed by atoms with Gasteiger partial charge in [0.2, 0.25) is 0 Å². The van der Waals surface area contributed by atoms with E-state index in [0.29, 0.717) is 10.4 Å². The number of carbonyl (C=O) groups is 4. The summed E-state index contributed by atoms with van der Waals surface area (Å²) in [6, 6.07) is 10.6. The molecule has 0 radical (unpaired) electrons. The fraction of sp³-hybridized carbons (Fsp3) is 0.333. The lowest BCUT2D eigenvalue weighted by Gasteiger charge is -2.19. The van der Waals surface area contributed by atoms with E-state index in [0.717, 1.165) is 5.56 Å². The van der Waals surface area contributed by atoms with Crippen molar-refractivity contribution in [3.8, 4) is 0 Å². The molecule has 0 spiro atoms. The average Bonchev–Trinajstić information content (AvgIpc) is 3.20. The molecule has 0 unspecified atom stereocenters. The lowest BCUT2D eigenvalue weighted by Crippen LogP contribution is -2.34. The summed E-state index contributed by atoms with van der Waals surface area (Å²) < 4.78 is 4.81. The van der Waals surface area contributed by atoms with Crippen LogP contribution >= 0.6 is 11.3 Å². The highest BCUT2D eigenvalue weighted by Crippen LogP contribution is 2.22. The lowest BCUT2D eigenvalue weighted by atomic mass is 9.87. The monoisotopic (exact) mass is 416 g/mol. The Kier molecular flexibility index (Phi) is 7.67. The van der Waals surface area contributed by atoms with Crippen molar-refractivity contribution >= 4 is 35.0 Å². The van der Waals surface area contributed by atoms with Crippen LogP contribution in [-0.2, 0) is 19.7 Å². The van der Waals surface area contributed by atoms with Crippen molar-refractivity contribution in [1.82, 2.24) is 10.6 Å². The van der Waals surface area contributed by atoms with E-state index in [-0.39, 0.29) is 24.3 Å². The van der Waals surface area contributed by atoms with E-state index in [4.69, 9.17) is 4.74 Å². The van der Waals surface area contributed by atoms with Crippen molar-refractivity contribution in [3.63, 3.8) is 0 Å². The van der Waals surface area contributed by atoms with E-state index in [9.17, 15) is 19.2 Å². The Labute approximate surface area is 173 Å². The molecular formula is C21H24N2O5S. The molecule has 0 bridgehead atoms. The maximum absolute atomic E-state index is 12.1. The van der Waals surface area contributed by atoms with E-state index in [2.05, 4.69) is 31.4 Å². The van der Waals surface area contributed by atoms with Gasteiger partial charge in [-0.05, 0) is 34.6 Å². The number of rotatable bonds is 7. The second-order valence-corrected chi connectivity index (χ2v) is 8.30. The number of carbonyl (C=O) groups excluding carboxylic acids is 4. The van der Waals surface area contributed by atoms with Gasteiger partial charge in [-0.15, -0.1) is 11.3 Å². The fourth-order valence-electron chi connectivity index (χ4n) is 2.35. The summed E-state index contributed by atoms with van der Waals surface area (Å²) in [5.41, 5.74) is 1.62. The molecule has 0 saturated carbocycles. The van der Waals surface area contributed by atoms with Crippen LogP contribution in [0.15, 0.2) is 41.8 Å². The Hall–Kier alpha value is -3.00. The van der Waals surface area contributed by atoms with Crippen molar-refractivity contribution in [3.05, 3.63) is 57.8 Å². The largest absolute Gasteiger partial charge is 0.456 e. The zero-order chi connectivity index (χ0) is 21.4. The molecule has 8 heteroatoms. The fourth-order valence-corrected chi connectivity index (χ4v) is 2.97. The maximum atomic E-state index is 12.1. The van der Waals surface area contributed by atoms with Gasteiger partial charge in [0, 0.05) is 12.1 Å². The number of hydrogen-bond acceptors (Lipinski definition) is 6. The van der Waals surface area contributed by atoms with Crippen LogP contribution in [0.5, 0.6) is 0 Å². The molecule has 7 nitrogen and oxygen atoms in total. The lowest BCUT2D eigenvalue weighted by molar-refractivity contribution is -0.148. The van der Waals surface area contributed by atoms with Gasteiger partial charge >= 0.3 is 5.97 Å². The Morgan fingerprint density at radius 3 is 2.28 bits per heavy atom. The van der Waals surface area contributed by atoms with Crippen LogP contribution in [0.25, 0.3) is 0 Å².